The number of thiazole rings is 1. The minimum Gasteiger partial charge on any atom is -0.464 e. The van der Waals surface area contributed by atoms with E-state index in [1.165, 1.54) is 4.57 Å². The van der Waals surface area contributed by atoms with Gasteiger partial charge in [-0.2, -0.15) is 0 Å². The lowest BCUT2D eigenvalue weighted by atomic mass is 10.2. The molecule has 1 heterocycles. The molecule has 0 bridgehead atoms. The highest BCUT2D eigenvalue weighted by atomic mass is 32.1. The molecule has 0 N–H and O–H groups in total. The Morgan fingerprint density at radius 3 is 2.78 bits per heavy atom. The summed E-state index contributed by atoms with van der Waals surface area (Å²) < 4.78 is 7.46. The van der Waals surface area contributed by atoms with Crippen LogP contribution in [-0.4, -0.2) is 17.1 Å². The fraction of sp³-hybridized carbons (Fsp3) is 0.385. The van der Waals surface area contributed by atoms with Crippen LogP contribution < -0.4 is 4.87 Å². The van der Waals surface area contributed by atoms with Crippen molar-refractivity contribution in [2.45, 2.75) is 26.3 Å². The van der Waals surface area contributed by atoms with Gasteiger partial charge in [0.25, 0.3) is 0 Å². The molecule has 0 radical (unpaired) electrons. The van der Waals surface area contributed by atoms with Crippen LogP contribution in [0.15, 0.2) is 29.1 Å². The number of carbonyl (C=O) groups is 1. The number of hydrogen-bond donors (Lipinski definition) is 0. The average Bonchev–Trinajstić information content (AvgIpc) is 2.68. The summed E-state index contributed by atoms with van der Waals surface area (Å²) in [7, 11) is 0. The van der Waals surface area contributed by atoms with E-state index >= 15 is 0 Å². The fourth-order valence-corrected chi connectivity index (χ4v) is 2.90. The normalized spacial score (nSPS) is 12.6. The van der Waals surface area contributed by atoms with E-state index < -0.39 is 6.04 Å². The molecule has 18 heavy (non-hydrogen) atoms. The molecule has 5 heteroatoms. The summed E-state index contributed by atoms with van der Waals surface area (Å²) in [6, 6.07) is 6.95. The Balaban J connectivity index is 2.54. The minimum atomic E-state index is -0.534. The zero-order valence-electron chi connectivity index (χ0n) is 10.4. The number of rotatable bonds is 4. The number of benzene rings is 1. The van der Waals surface area contributed by atoms with Crippen LogP contribution in [0.4, 0.5) is 0 Å². The molecule has 0 amide bonds. The summed E-state index contributed by atoms with van der Waals surface area (Å²) in [5.74, 6) is -0.342. The number of para-hydroxylation sites is 1. The van der Waals surface area contributed by atoms with Crippen LogP contribution in [-0.2, 0) is 9.53 Å². The van der Waals surface area contributed by atoms with E-state index in [9.17, 15) is 9.59 Å². The first-order chi connectivity index (χ1) is 8.69. The Hall–Kier alpha value is -1.62. The van der Waals surface area contributed by atoms with Gasteiger partial charge in [-0.1, -0.05) is 30.4 Å². The molecule has 0 unspecified atom stereocenters. The van der Waals surface area contributed by atoms with E-state index in [0.29, 0.717) is 13.0 Å². The monoisotopic (exact) mass is 265 g/mol. The summed E-state index contributed by atoms with van der Waals surface area (Å²) in [4.78, 5) is 23.8. The predicted octanol–water partition coefficient (Wildman–Crippen LogP) is 2.58. The predicted molar refractivity (Wildman–Crippen MR) is 72.0 cm³/mol. The van der Waals surface area contributed by atoms with Gasteiger partial charge in [0.05, 0.1) is 16.8 Å². The number of ether oxygens (including phenoxy) is 1. The summed E-state index contributed by atoms with van der Waals surface area (Å²) in [5.41, 5.74) is 0.799. The quantitative estimate of drug-likeness (QED) is 0.798. The van der Waals surface area contributed by atoms with Crippen LogP contribution in [0.5, 0.6) is 0 Å². The first-order valence-corrected chi connectivity index (χ1v) is 6.77. The zero-order valence-corrected chi connectivity index (χ0v) is 11.2. The van der Waals surface area contributed by atoms with Crippen molar-refractivity contribution in [3.8, 4) is 0 Å². The Bertz CT molecular complexity index is 614. The number of fused-ring (bicyclic) bond motifs is 1. The van der Waals surface area contributed by atoms with Crippen LogP contribution in [0, 0.1) is 0 Å². The van der Waals surface area contributed by atoms with Gasteiger partial charge in [-0.05, 0) is 25.5 Å². The maximum Gasteiger partial charge on any atom is 0.329 e. The molecule has 0 aliphatic heterocycles. The van der Waals surface area contributed by atoms with Crippen LogP contribution in [0.2, 0.25) is 0 Å². The van der Waals surface area contributed by atoms with E-state index in [1.54, 1.807) is 6.92 Å². The molecule has 1 aromatic carbocycles. The van der Waals surface area contributed by atoms with Crippen molar-refractivity contribution in [1.82, 2.24) is 4.57 Å². The Morgan fingerprint density at radius 2 is 2.11 bits per heavy atom. The van der Waals surface area contributed by atoms with E-state index in [2.05, 4.69) is 0 Å². The lowest BCUT2D eigenvalue weighted by Crippen LogP contribution is -2.27. The highest BCUT2D eigenvalue weighted by Gasteiger charge is 2.23. The SMILES string of the molecule is CCOC(=O)[C@@H](CC)n1c(=O)sc2ccccc21. The van der Waals surface area contributed by atoms with Crippen LogP contribution in [0.1, 0.15) is 26.3 Å². The molecule has 1 aromatic heterocycles. The lowest BCUT2D eigenvalue weighted by molar-refractivity contribution is -0.147. The van der Waals surface area contributed by atoms with Gasteiger partial charge >= 0.3 is 10.8 Å². The molecular formula is C13H15NO3S. The minimum absolute atomic E-state index is 0.115. The van der Waals surface area contributed by atoms with Crippen molar-refractivity contribution in [2.24, 2.45) is 0 Å². The van der Waals surface area contributed by atoms with E-state index in [4.69, 9.17) is 4.74 Å². The van der Waals surface area contributed by atoms with Crippen molar-refractivity contribution in [2.75, 3.05) is 6.61 Å². The first-order valence-electron chi connectivity index (χ1n) is 5.95. The molecule has 0 saturated carbocycles. The van der Waals surface area contributed by atoms with Crippen molar-refractivity contribution in [3.05, 3.63) is 33.9 Å². The zero-order chi connectivity index (χ0) is 13.1. The van der Waals surface area contributed by atoms with Gasteiger partial charge in [-0.3, -0.25) is 9.36 Å². The number of nitrogens with zero attached hydrogens (tertiary/aromatic N) is 1. The third-order valence-corrected chi connectivity index (χ3v) is 3.71. The maximum absolute atomic E-state index is 12.0. The second-order valence-corrected chi connectivity index (χ2v) is 4.87. The summed E-state index contributed by atoms with van der Waals surface area (Å²) >= 11 is 1.16. The molecular weight excluding hydrogens is 250 g/mol. The largest absolute Gasteiger partial charge is 0.464 e. The van der Waals surface area contributed by atoms with Gasteiger partial charge in [0.1, 0.15) is 6.04 Å². The fourth-order valence-electron chi connectivity index (χ4n) is 1.97. The molecule has 2 rings (SSSR count). The highest BCUT2D eigenvalue weighted by molar-refractivity contribution is 7.16. The van der Waals surface area contributed by atoms with Gasteiger partial charge < -0.3 is 4.74 Å². The van der Waals surface area contributed by atoms with Gasteiger partial charge in [0.2, 0.25) is 0 Å². The third kappa shape index (κ3) is 2.18. The number of carbonyl (C=O) groups excluding carboxylic acids is 1. The number of hydrogen-bond acceptors (Lipinski definition) is 4. The van der Waals surface area contributed by atoms with Crippen molar-refractivity contribution < 1.29 is 9.53 Å². The third-order valence-electron chi connectivity index (χ3n) is 2.78. The summed E-state index contributed by atoms with van der Waals surface area (Å²) in [5, 5.41) is 0. The van der Waals surface area contributed by atoms with Crippen molar-refractivity contribution >= 4 is 27.5 Å². The van der Waals surface area contributed by atoms with Gasteiger partial charge in [-0.15, -0.1) is 0 Å². The molecule has 96 valence electrons. The number of esters is 1. The Morgan fingerprint density at radius 1 is 1.39 bits per heavy atom. The van der Waals surface area contributed by atoms with E-state index in [1.807, 2.05) is 31.2 Å². The molecule has 0 aliphatic rings. The molecule has 4 nitrogen and oxygen atoms in total. The molecule has 0 spiro atoms. The maximum atomic E-state index is 12.0. The van der Waals surface area contributed by atoms with Crippen LogP contribution in [0.3, 0.4) is 0 Å². The van der Waals surface area contributed by atoms with Crippen LogP contribution in [0.25, 0.3) is 10.2 Å². The molecule has 1 atom stereocenters. The van der Waals surface area contributed by atoms with Gasteiger partial charge in [-0.25, -0.2) is 4.79 Å². The first kappa shape index (κ1) is 12.8. The molecule has 2 aromatic rings. The lowest BCUT2D eigenvalue weighted by Gasteiger charge is -2.15. The Kier molecular flexibility index (Phi) is 3.81. The van der Waals surface area contributed by atoms with Crippen molar-refractivity contribution in [3.63, 3.8) is 0 Å². The summed E-state index contributed by atoms with van der Waals surface area (Å²) in [6.07, 6.45) is 0.541. The van der Waals surface area contributed by atoms with E-state index in [-0.39, 0.29) is 10.8 Å². The van der Waals surface area contributed by atoms with Gasteiger partial charge in [0, 0.05) is 0 Å². The highest BCUT2D eigenvalue weighted by Crippen LogP contribution is 2.22. The second-order valence-electron chi connectivity index (χ2n) is 3.88. The topological polar surface area (TPSA) is 48.3 Å². The van der Waals surface area contributed by atoms with Crippen molar-refractivity contribution in [1.29, 1.82) is 0 Å². The average molecular weight is 265 g/mol. The standard InChI is InChI=1S/C13H15NO3S/c1-3-9(12(15)17-4-2)14-10-7-5-6-8-11(10)18-13(14)16/h5-9H,3-4H2,1-2H3/t9-/m1/s1. The van der Waals surface area contributed by atoms with Gasteiger partial charge in [0.15, 0.2) is 0 Å². The van der Waals surface area contributed by atoms with E-state index in [0.717, 1.165) is 21.6 Å². The number of aromatic nitrogens is 1. The second kappa shape index (κ2) is 5.35. The molecule has 0 saturated heterocycles. The molecule has 0 aliphatic carbocycles. The smallest absolute Gasteiger partial charge is 0.329 e. The summed E-state index contributed by atoms with van der Waals surface area (Å²) in [6.45, 7) is 3.96. The Labute approximate surface area is 109 Å². The van der Waals surface area contributed by atoms with Crippen LogP contribution >= 0.6 is 11.3 Å². The molecule has 0 fully saturated rings.